The second kappa shape index (κ2) is 10.1. The first-order chi connectivity index (χ1) is 15.0. The number of fused-ring (bicyclic) bond motifs is 1. The summed E-state index contributed by atoms with van der Waals surface area (Å²) in [6, 6.07) is 7.30. The Kier molecular flexibility index (Phi) is 7.28. The Balaban J connectivity index is 1.84. The van der Waals surface area contributed by atoms with E-state index in [-0.39, 0.29) is 24.0 Å². The molecule has 0 spiro atoms. The second-order valence-electron chi connectivity index (χ2n) is 7.24. The fourth-order valence-corrected chi connectivity index (χ4v) is 3.57. The van der Waals surface area contributed by atoms with E-state index in [1.165, 1.54) is 0 Å². The van der Waals surface area contributed by atoms with Gasteiger partial charge in [-0.1, -0.05) is 19.1 Å². The average Bonchev–Trinajstić information content (AvgIpc) is 2.77. The molecule has 31 heavy (non-hydrogen) atoms. The lowest BCUT2D eigenvalue weighted by Gasteiger charge is -2.34. The minimum atomic E-state index is -0.681. The molecular weight excluding hydrogens is 400 g/mol. The van der Waals surface area contributed by atoms with Crippen LogP contribution in [-0.2, 0) is 16.0 Å². The molecule has 2 N–H and O–H groups in total. The standard InChI is InChI=1S/C22H28N4O5/c1-3-13-31-20-15-7-5-6-8-16(15)24-17(19(20)21(23)28)14-18(27)25-9-11-26(12-10-25)22(29)30-4-2/h5-8H,3-4,9-14H2,1-2H3,(H2,23,28). The van der Waals surface area contributed by atoms with Gasteiger partial charge in [-0.3, -0.25) is 14.6 Å². The highest BCUT2D eigenvalue weighted by molar-refractivity contribution is 6.03. The predicted molar refractivity (Wildman–Crippen MR) is 115 cm³/mol. The maximum Gasteiger partial charge on any atom is 0.409 e. The zero-order chi connectivity index (χ0) is 22.4. The molecule has 1 aliphatic rings. The lowest BCUT2D eigenvalue weighted by Crippen LogP contribution is -2.51. The van der Waals surface area contributed by atoms with Crippen LogP contribution in [0.15, 0.2) is 24.3 Å². The fourth-order valence-electron chi connectivity index (χ4n) is 3.57. The van der Waals surface area contributed by atoms with Crippen molar-refractivity contribution in [2.45, 2.75) is 26.7 Å². The number of carbonyl (C=O) groups excluding carboxylic acids is 3. The van der Waals surface area contributed by atoms with E-state index < -0.39 is 5.91 Å². The molecule has 1 aromatic carbocycles. The van der Waals surface area contributed by atoms with Crippen molar-refractivity contribution in [2.75, 3.05) is 39.4 Å². The van der Waals surface area contributed by atoms with Crippen molar-refractivity contribution in [3.63, 3.8) is 0 Å². The van der Waals surface area contributed by atoms with Gasteiger partial charge in [0.15, 0.2) is 0 Å². The first kappa shape index (κ1) is 22.3. The van der Waals surface area contributed by atoms with Gasteiger partial charge in [0.2, 0.25) is 5.91 Å². The first-order valence-electron chi connectivity index (χ1n) is 10.5. The van der Waals surface area contributed by atoms with Crippen molar-refractivity contribution in [3.05, 3.63) is 35.5 Å². The smallest absolute Gasteiger partial charge is 0.409 e. The molecule has 2 heterocycles. The molecule has 1 aromatic heterocycles. The van der Waals surface area contributed by atoms with Crippen molar-refractivity contribution in [3.8, 4) is 5.75 Å². The van der Waals surface area contributed by atoms with E-state index >= 15 is 0 Å². The number of piperazine rings is 1. The number of rotatable bonds is 7. The van der Waals surface area contributed by atoms with Crippen LogP contribution in [0.4, 0.5) is 4.79 Å². The van der Waals surface area contributed by atoms with E-state index in [4.69, 9.17) is 15.2 Å². The van der Waals surface area contributed by atoms with Gasteiger partial charge in [-0.05, 0) is 25.5 Å². The van der Waals surface area contributed by atoms with Gasteiger partial charge in [0, 0.05) is 31.6 Å². The van der Waals surface area contributed by atoms with Crippen LogP contribution in [0.2, 0.25) is 0 Å². The van der Waals surface area contributed by atoms with E-state index in [9.17, 15) is 14.4 Å². The summed E-state index contributed by atoms with van der Waals surface area (Å²) in [7, 11) is 0. The summed E-state index contributed by atoms with van der Waals surface area (Å²) < 4.78 is 10.9. The molecule has 0 aliphatic carbocycles. The van der Waals surface area contributed by atoms with Gasteiger partial charge in [-0.15, -0.1) is 0 Å². The van der Waals surface area contributed by atoms with Crippen LogP contribution in [0.25, 0.3) is 10.9 Å². The number of ether oxygens (including phenoxy) is 2. The SMILES string of the molecule is CCCOc1c(C(N)=O)c(CC(=O)N2CCN(C(=O)OCC)CC2)nc2ccccc12. The summed E-state index contributed by atoms with van der Waals surface area (Å²) in [5.41, 5.74) is 6.75. The maximum absolute atomic E-state index is 13.0. The van der Waals surface area contributed by atoms with Crippen LogP contribution in [-0.4, -0.2) is 72.1 Å². The molecule has 1 fully saturated rings. The molecule has 0 saturated carbocycles. The Labute approximate surface area is 181 Å². The lowest BCUT2D eigenvalue weighted by atomic mass is 10.0. The fraction of sp³-hybridized carbons (Fsp3) is 0.455. The Morgan fingerprint density at radius 3 is 2.39 bits per heavy atom. The summed E-state index contributed by atoms with van der Waals surface area (Å²) in [6.07, 6.45) is 0.304. The number of pyridine rings is 1. The van der Waals surface area contributed by atoms with Crippen LogP contribution in [0.3, 0.4) is 0 Å². The first-order valence-corrected chi connectivity index (χ1v) is 10.5. The number of carbonyl (C=O) groups is 3. The topological polar surface area (TPSA) is 115 Å². The lowest BCUT2D eigenvalue weighted by molar-refractivity contribution is -0.132. The van der Waals surface area contributed by atoms with Gasteiger partial charge in [0.05, 0.1) is 30.8 Å². The third-order valence-electron chi connectivity index (χ3n) is 5.09. The maximum atomic E-state index is 13.0. The number of benzene rings is 1. The third kappa shape index (κ3) is 5.04. The van der Waals surface area contributed by atoms with E-state index in [0.29, 0.717) is 61.7 Å². The van der Waals surface area contributed by atoms with Crippen LogP contribution in [0.5, 0.6) is 5.75 Å². The van der Waals surface area contributed by atoms with Gasteiger partial charge in [0.25, 0.3) is 5.91 Å². The average molecular weight is 428 g/mol. The number of nitrogens with two attached hydrogens (primary N) is 1. The van der Waals surface area contributed by atoms with Crippen molar-refractivity contribution < 1.29 is 23.9 Å². The van der Waals surface area contributed by atoms with Crippen molar-refractivity contribution in [1.82, 2.24) is 14.8 Å². The largest absolute Gasteiger partial charge is 0.492 e. The summed E-state index contributed by atoms with van der Waals surface area (Å²) in [5, 5.41) is 0.684. The van der Waals surface area contributed by atoms with Gasteiger partial charge in [-0.25, -0.2) is 4.79 Å². The quantitative estimate of drug-likeness (QED) is 0.721. The molecule has 1 aliphatic heterocycles. The zero-order valence-electron chi connectivity index (χ0n) is 17.9. The number of nitrogens with zero attached hydrogens (tertiary/aromatic N) is 3. The molecular formula is C22H28N4O5. The number of amides is 3. The van der Waals surface area contributed by atoms with Crippen LogP contribution >= 0.6 is 0 Å². The Morgan fingerprint density at radius 1 is 1.06 bits per heavy atom. The number of hydrogen-bond donors (Lipinski definition) is 1. The normalized spacial score (nSPS) is 13.9. The molecule has 0 radical (unpaired) electrons. The highest BCUT2D eigenvalue weighted by Gasteiger charge is 2.28. The summed E-state index contributed by atoms with van der Waals surface area (Å²) in [6.45, 7) is 6.00. The van der Waals surface area contributed by atoms with E-state index in [1.807, 2.05) is 31.2 Å². The van der Waals surface area contributed by atoms with Gasteiger partial charge < -0.3 is 25.0 Å². The van der Waals surface area contributed by atoms with Crippen LogP contribution < -0.4 is 10.5 Å². The molecule has 9 nitrogen and oxygen atoms in total. The summed E-state index contributed by atoms with van der Waals surface area (Å²) in [5.74, 6) is -0.496. The van der Waals surface area contributed by atoms with Crippen molar-refractivity contribution >= 4 is 28.8 Å². The number of para-hydroxylation sites is 1. The van der Waals surface area contributed by atoms with Crippen LogP contribution in [0.1, 0.15) is 36.3 Å². The molecule has 9 heteroatoms. The van der Waals surface area contributed by atoms with Gasteiger partial charge in [-0.2, -0.15) is 0 Å². The highest BCUT2D eigenvalue weighted by atomic mass is 16.6. The van der Waals surface area contributed by atoms with Crippen LogP contribution in [0, 0.1) is 0 Å². The molecule has 3 amide bonds. The number of aromatic nitrogens is 1. The molecule has 0 atom stereocenters. The van der Waals surface area contributed by atoms with Gasteiger partial charge >= 0.3 is 6.09 Å². The second-order valence-corrected chi connectivity index (χ2v) is 7.24. The Bertz CT molecular complexity index is 970. The molecule has 0 bridgehead atoms. The molecule has 1 saturated heterocycles. The minimum absolute atomic E-state index is 0.0784. The highest BCUT2D eigenvalue weighted by Crippen LogP contribution is 2.31. The van der Waals surface area contributed by atoms with Gasteiger partial charge in [0.1, 0.15) is 11.3 Å². The molecule has 166 valence electrons. The number of hydrogen-bond acceptors (Lipinski definition) is 6. The van der Waals surface area contributed by atoms with Crippen molar-refractivity contribution in [2.24, 2.45) is 5.73 Å². The van der Waals surface area contributed by atoms with Crippen molar-refractivity contribution in [1.29, 1.82) is 0 Å². The summed E-state index contributed by atoms with van der Waals surface area (Å²) >= 11 is 0. The predicted octanol–water partition coefficient (Wildman–Crippen LogP) is 1.97. The molecule has 2 aromatic rings. The zero-order valence-corrected chi connectivity index (χ0v) is 17.9. The monoisotopic (exact) mass is 428 g/mol. The Morgan fingerprint density at radius 2 is 1.74 bits per heavy atom. The Hall–Kier alpha value is -3.36. The van der Waals surface area contributed by atoms with E-state index in [1.54, 1.807) is 16.7 Å². The minimum Gasteiger partial charge on any atom is -0.492 e. The third-order valence-corrected chi connectivity index (χ3v) is 5.09. The number of primary amides is 1. The molecule has 3 rings (SSSR count). The van der Waals surface area contributed by atoms with E-state index in [0.717, 1.165) is 6.42 Å². The van der Waals surface area contributed by atoms with E-state index in [2.05, 4.69) is 4.98 Å². The summed E-state index contributed by atoms with van der Waals surface area (Å²) in [4.78, 5) is 44.9. The molecule has 0 unspecified atom stereocenters.